The van der Waals surface area contributed by atoms with Crippen molar-refractivity contribution in [3.05, 3.63) is 96.1 Å². The fraction of sp³-hybridized carbons (Fsp3) is 0.167. The van der Waals surface area contributed by atoms with Crippen molar-refractivity contribution in [2.75, 3.05) is 12.4 Å². The Kier molecular flexibility index (Phi) is 6.63. The van der Waals surface area contributed by atoms with Crippen LogP contribution in [0.15, 0.2) is 84.9 Å². The highest BCUT2D eigenvalue weighted by molar-refractivity contribution is 5.96. The summed E-state index contributed by atoms with van der Waals surface area (Å²) in [6, 6.07) is 25.8. The lowest BCUT2D eigenvalue weighted by atomic mass is 9.91. The maximum Gasteiger partial charge on any atom is 0.318 e. The maximum absolute atomic E-state index is 13.0. The van der Waals surface area contributed by atoms with Crippen LogP contribution in [0.5, 0.6) is 5.75 Å². The lowest BCUT2D eigenvalue weighted by Crippen LogP contribution is -2.32. The number of ether oxygens (including phenoxy) is 2. The first-order valence-electron chi connectivity index (χ1n) is 9.34. The number of rotatable bonds is 7. The first-order chi connectivity index (χ1) is 14.1. The summed E-state index contributed by atoms with van der Waals surface area (Å²) in [5.41, 5.74) is 2.19. The average molecular weight is 389 g/mol. The van der Waals surface area contributed by atoms with E-state index in [1.54, 1.807) is 38.3 Å². The molecule has 3 aromatic carbocycles. The molecule has 0 aliphatic heterocycles. The van der Waals surface area contributed by atoms with Crippen LogP contribution in [0.1, 0.15) is 24.0 Å². The zero-order valence-electron chi connectivity index (χ0n) is 16.4. The molecule has 1 amide bonds. The van der Waals surface area contributed by atoms with E-state index in [4.69, 9.17) is 9.47 Å². The number of nitrogens with one attached hydrogen (secondary N) is 1. The molecule has 0 saturated carbocycles. The van der Waals surface area contributed by atoms with Gasteiger partial charge in [0.05, 0.1) is 7.11 Å². The van der Waals surface area contributed by atoms with Gasteiger partial charge in [-0.2, -0.15) is 0 Å². The smallest absolute Gasteiger partial charge is 0.318 e. The zero-order chi connectivity index (χ0) is 20.6. The second-order valence-electron chi connectivity index (χ2n) is 6.55. The Morgan fingerprint density at radius 1 is 0.828 bits per heavy atom. The monoisotopic (exact) mass is 389 g/mol. The van der Waals surface area contributed by atoms with Crippen LogP contribution in [0.3, 0.4) is 0 Å². The Labute approximate surface area is 170 Å². The van der Waals surface area contributed by atoms with Gasteiger partial charge in [0.25, 0.3) is 5.91 Å². The molecule has 0 heterocycles. The number of benzene rings is 3. The molecule has 0 aromatic heterocycles. The standard InChI is InChI=1S/C24H23NO4/c1-17(23(26)25-20-14-9-15-21(16-20)28-2)29-24(27)22(18-10-5-3-6-11-18)19-12-7-4-8-13-19/h3-17,22H,1-2H3,(H,25,26)/t17-/m1/s1. The fourth-order valence-corrected chi connectivity index (χ4v) is 3.00. The number of anilines is 1. The highest BCUT2D eigenvalue weighted by Crippen LogP contribution is 2.26. The predicted molar refractivity (Wildman–Crippen MR) is 112 cm³/mol. The Morgan fingerprint density at radius 2 is 1.41 bits per heavy atom. The van der Waals surface area contributed by atoms with E-state index in [1.165, 1.54) is 0 Å². The summed E-state index contributed by atoms with van der Waals surface area (Å²) in [7, 11) is 1.55. The van der Waals surface area contributed by atoms with Crippen molar-refractivity contribution in [1.82, 2.24) is 0 Å². The van der Waals surface area contributed by atoms with Crippen LogP contribution in [-0.2, 0) is 14.3 Å². The van der Waals surface area contributed by atoms with E-state index in [2.05, 4.69) is 5.32 Å². The molecule has 1 N–H and O–H groups in total. The van der Waals surface area contributed by atoms with E-state index in [0.717, 1.165) is 11.1 Å². The highest BCUT2D eigenvalue weighted by Gasteiger charge is 2.27. The van der Waals surface area contributed by atoms with Crippen LogP contribution in [0, 0.1) is 0 Å². The Morgan fingerprint density at radius 3 is 1.97 bits per heavy atom. The van der Waals surface area contributed by atoms with Crippen LogP contribution in [-0.4, -0.2) is 25.1 Å². The molecule has 1 atom stereocenters. The highest BCUT2D eigenvalue weighted by atomic mass is 16.5. The molecule has 0 aliphatic carbocycles. The van der Waals surface area contributed by atoms with Crippen molar-refractivity contribution in [3.8, 4) is 5.75 Å². The van der Waals surface area contributed by atoms with Crippen molar-refractivity contribution in [2.24, 2.45) is 0 Å². The van der Waals surface area contributed by atoms with Gasteiger partial charge in [0.15, 0.2) is 6.10 Å². The summed E-state index contributed by atoms with van der Waals surface area (Å²) >= 11 is 0. The third-order valence-electron chi connectivity index (χ3n) is 4.50. The maximum atomic E-state index is 13.0. The number of carbonyl (C=O) groups is 2. The average Bonchev–Trinajstić information content (AvgIpc) is 2.75. The van der Waals surface area contributed by atoms with Gasteiger partial charge in [0.2, 0.25) is 0 Å². The minimum Gasteiger partial charge on any atom is -0.497 e. The molecule has 3 aromatic rings. The van der Waals surface area contributed by atoms with Crippen LogP contribution < -0.4 is 10.1 Å². The number of amides is 1. The number of hydrogen-bond acceptors (Lipinski definition) is 4. The molecule has 0 saturated heterocycles. The molecule has 0 unspecified atom stereocenters. The molecular weight excluding hydrogens is 366 g/mol. The minimum atomic E-state index is -0.955. The van der Waals surface area contributed by atoms with Crippen LogP contribution >= 0.6 is 0 Å². The molecule has 5 heteroatoms. The van der Waals surface area contributed by atoms with Gasteiger partial charge in [0.1, 0.15) is 11.7 Å². The Balaban J connectivity index is 1.74. The second kappa shape index (κ2) is 9.55. The third kappa shape index (κ3) is 5.23. The van der Waals surface area contributed by atoms with Gasteiger partial charge in [-0.15, -0.1) is 0 Å². The molecule has 0 aliphatic rings. The van der Waals surface area contributed by atoms with Crippen LogP contribution in [0.25, 0.3) is 0 Å². The van der Waals surface area contributed by atoms with Gasteiger partial charge in [-0.25, -0.2) is 0 Å². The van der Waals surface area contributed by atoms with E-state index < -0.39 is 23.9 Å². The number of esters is 1. The van der Waals surface area contributed by atoms with Crippen molar-refractivity contribution in [3.63, 3.8) is 0 Å². The third-order valence-corrected chi connectivity index (χ3v) is 4.50. The minimum absolute atomic E-state index is 0.411. The topological polar surface area (TPSA) is 64.6 Å². The fourth-order valence-electron chi connectivity index (χ4n) is 3.00. The van der Waals surface area contributed by atoms with Gasteiger partial charge in [0, 0.05) is 11.8 Å². The van der Waals surface area contributed by atoms with E-state index in [0.29, 0.717) is 11.4 Å². The Hall–Kier alpha value is -3.60. The SMILES string of the molecule is COc1cccc(NC(=O)[C@@H](C)OC(=O)C(c2ccccc2)c2ccccc2)c1. The predicted octanol–water partition coefficient (Wildman–Crippen LogP) is 4.40. The lowest BCUT2D eigenvalue weighted by Gasteiger charge is -2.20. The van der Waals surface area contributed by atoms with Crippen molar-refractivity contribution >= 4 is 17.6 Å². The second-order valence-corrected chi connectivity index (χ2v) is 6.55. The molecular formula is C24H23NO4. The molecule has 148 valence electrons. The van der Waals surface area contributed by atoms with Crippen LogP contribution in [0.4, 0.5) is 5.69 Å². The number of hydrogen-bond donors (Lipinski definition) is 1. The number of methoxy groups -OCH3 is 1. The van der Waals surface area contributed by atoms with E-state index in [9.17, 15) is 9.59 Å². The van der Waals surface area contributed by atoms with Crippen molar-refractivity contribution in [2.45, 2.75) is 18.9 Å². The summed E-state index contributed by atoms with van der Waals surface area (Å²) in [5.74, 6) is -0.868. The molecule has 0 bridgehead atoms. The molecule has 0 radical (unpaired) electrons. The summed E-state index contributed by atoms with van der Waals surface area (Å²) in [6.45, 7) is 1.56. The molecule has 3 rings (SSSR count). The quantitative estimate of drug-likeness (QED) is 0.609. The van der Waals surface area contributed by atoms with Crippen LogP contribution in [0.2, 0.25) is 0 Å². The van der Waals surface area contributed by atoms with Crippen molar-refractivity contribution in [1.29, 1.82) is 0 Å². The molecule has 0 fully saturated rings. The van der Waals surface area contributed by atoms with Gasteiger partial charge in [-0.3, -0.25) is 9.59 Å². The zero-order valence-corrected chi connectivity index (χ0v) is 16.4. The molecule has 0 spiro atoms. The normalized spacial score (nSPS) is 11.6. The van der Waals surface area contributed by atoms with E-state index >= 15 is 0 Å². The van der Waals surface area contributed by atoms with Gasteiger partial charge in [-0.05, 0) is 30.2 Å². The summed E-state index contributed by atoms with van der Waals surface area (Å²) in [4.78, 5) is 25.5. The first kappa shape index (κ1) is 20.1. The molecule has 5 nitrogen and oxygen atoms in total. The van der Waals surface area contributed by atoms with Gasteiger partial charge < -0.3 is 14.8 Å². The Bertz CT molecular complexity index is 917. The first-order valence-corrected chi connectivity index (χ1v) is 9.34. The lowest BCUT2D eigenvalue weighted by molar-refractivity contribution is -0.153. The largest absolute Gasteiger partial charge is 0.497 e. The van der Waals surface area contributed by atoms with Crippen molar-refractivity contribution < 1.29 is 19.1 Å². The van der Waals surface area contributed by atoms with E-state index in [-0.39, 0.29) is 0 Å². The molecule has 29 heavy (non-hydrogen) atoms. The summed E-state index contributed by atoms with van der Waals surface area (Å²) in [6.07, 6.45) is -0.955. The summed E-state index contributed by atoms with van der Waals surface area (Å²) < 4.78 is 10.7. The summed E-state index contributed by atoms with van der Waals surface area (Å²) in [5, 5.41) is 2.74. The van der Waals surface area contributed by atoms with Gasteiger partial charge >= 0.3 is 5.97 Å². The van der Waals surface area contributed by atoms with E-state index in [1.807, 2.05) is 60.7 Å². The number of carbonyl (C=O) groups excluding carboxylic acids is 2. The van der Waals surface area contributed by atoms with Gasteiger partial charge in [-0.1, -0.05) is 66.7 Å².